The third-order valence-corrected chi connectivity index (χ3v) is 2.88. The molecule has 0 atom stereocenters. The fraction of sp³-hybridized carbons (Fsp3) is 0.231. The van der Waals surface area contributed by atoms with Crippen LogP contribution in [0.25, 0.3) is 0 Å². The van der Waals surface area contributed by atoms with Gasteiger partial charge in [-0.3, -0.25) is 4.79 Å². The molecule has 0 aliphatic carbocycles. The number of halogens is 1. The van der Waals surface area contributed by atoms with Gasteiger partial charge in [0.1, 0.15) is 6.54 Å². The molecule has 0 aliphatic rings. The average molecular weight is 264 g/mol. The van der Waals surface area contributed by atoms with Crippen LogP contribution in [0.1, 0.15) is 11.1 Å². The van der Waals surface area contributed by atoms with Gasteiger partial charge < -0.3 is 9.88 Å². The monoisotopic (exact) mass is 263 g/mol. The summed E-state index contributed by atoms with van der Waals surface area (Å²) in [6.07, 6.45) is 4.98. The van der Waals surface area contributed by atoms with E-state index < -0.39 is 0 Å². The van der Waals surface area contributed by atoms with Crippen molar-refractivity contribution in [2.75, 3.05) is 5.32 Å². The van der Waals surface area contributed by atoms with Crippen molar-refractivity contribution in [3.8, 4) is 0 Å². The number of anilines is 1. The normalized spacial score (nSPS) is 10.4. The van der Waals surface area contributed by atoms with Crippen molar-refractivity contribution in [1.82, 2.24) is 9.55 Å². The first kappa shape index (κ1) is 12.6. The maximum absolute atomic E-state index is 11.9. The van der Waals surface area contributed by atoms with E-state index in [0.29, 0.717) is 10.7 Å². The SMILES string of the molecule is Cc1cc(C)c(NC(=O)Cn2ccnc2)c(Cl)c1. The van der Waals surface area contributed by atoms with Crippen molar-refractivity contribution in [3.05, 3.63) is 47.0 Å². The van der Waals surface area contributed by atoms with Crippen LogP contribution in [0, 0.1) is 13.8 Å². The summed E-state index contributed by atoms with van der Waals surface area (Å²) in [6.45, 7) is 4.12. The molecule has 1 N–H and O–H groups in total. The predicted octanol–water partition coefficient (Wildman–Crippen LogP) is 2.79. The van der Waals surface area contributed by atoms with Crippen molar-refractivity contribution in [2.24, 2.45) is 0 Å². The number of nitrogens with zero attached hydrogens (tertiary/aromatic N) is 2. The van der Waals surface area contributed by atoms with Crippen LogP contribution in [-0.4, -0.2) is 15.5 Å². The van der Waals surface area contributed by atoms with Crippen LogP contribution >= 0.6 is 11.6 Å². The molecule has 1 amide bonds. The second-order valence-corrected chi connectivity index (χ2v) is 4.63. The van der Waals surface area contributed by atoms with Crippen LogP contribution in [0.5, 0.6) is 0 Å². The Bertz CT molecular complexity index is 541. The number of nitrogens with one attached hydrogen (secondary N) is 1. The molecule has 2 rings (SSSR count). The highest BCUT2D eigenvalue weighted by Gasteiger charge is 2.09. The Morgan fingerprint density at radius 3 is 2.83 bits per heavy atom. The summed E-state index contributed by atoms with van der Waals surface area (Å²) in [6, 6.07) is 3.82. The highest BCUT2D eigenvalue weighted by atomic mass is 35.5. The Morgan fingerprint density at radius 1 is 1.44 bits per heavy atom. The maximum Gasteiger partial charge on any atom is 0.244 e. The highest BCUT2D eigenvalue weighted by molar-refractivity contribution is 6.34. The predicted molar refractivity (Wildman–Crippen MR) is 71.8 cm³/mol. The highest BCUT2D eigenvalue weighted by Crippen LogP contribution is 2.27. The van der Waals surface area contributed by atoms with Gasteiger partial charge in [0.25, 0.3) is 0 Å². The number of aryl methyl sites for hydroxylation is 2. The second-order valence-electron chi connectivity index (χ2n) is 4.22. The molecule has 0 radical (unpaired) electrons. The van der Waals surface area contributed by atoms with E-state index >= 15 is 0 Å². The number of hydrogen-bond acceptors (Lipinski definition) is 2. The standard InChI is InChI=1S/C13H14ClN3O/c1-9-5-10(2)13(11(14)6-9)16-12(18)7-17-4-3-15-8-17/h3-6,8H,7H2,1-2H3,(H,16,18). The third-order valence-electron chi connectivity index (χ3n) is 2.58. The first-order chi connectivity index (χ1) is 8.56. The Morgan fingerprint density at radius 2 is 2.22 bits per heavy atom. The Labute approximate surface area is 111 Å². The Kier molecular flexibility index (Phi) is 3.67. The van der Waals surface area contributed by atoms with Gasteiger partial charge in [-0.1, -0.05) is 17.7 Å². The fourth-order valence-electron chi connectivity index (χ4n) is 1.80. The van der Waals surface area contributed by atoms with E-state index in [1.165, 1.54) is 0 Å². The minimum Gasteiger partial charge on any atom is -0.328 e. The topological polar surface area (TPSA) is 46.9 Å². The molecule has 1 aromatic heterocycles. The third kappa shape index (κ3) is 2.90. The minimum atomic E-state index is -0.123. The molecule has 0 saturated carbocycles. The molecule has 5 heteroatoms. The van der Waals surface area contributed by atoms with Gasteiger partial charge in [0.2, 0.25) is 5.91 Å². The summed E-state index contributed by atoms with van der Waals surface area (Å²) in [4.78, 5) is 15.7. The number of aromatic nitrogens is 2. The molecule has 0 aliphatic heterocycles. The molecule has 0 saturated heterocycles. The first-order valence-corrected chi connectivity index (χ1v) is 5.96. The molecule has 2 aromatic rings. The lowest BCUT2D eigenvalue weighted by Gasteiger charge is -2.11. The number of carbonyl (C=O) groups excluding carboxylic acids is 1. The van der Waals surface area contributed by atoms with E-state index in [-0.39, 0.29) is 12.5 Å². The second kappa shape index (κ2) is 5.23. The number of rotatable bonds is 3. The summed E-state index contributed by atoms with van der Waals surface area (Å²) < 4.78 is 1.70. The number of amides is 1. The summed E-state index contributed by atoms with van der Waals surface area (Å²) in [5.74, 6) is -0.123. The van der Waals surface area contributed by atoms with Crippen LogP contribution < -0.4 is 5.32 Å². The van der Waals surface area contributed by atoms with E-state index in [2.05, 4.69) is 10.3 Å². The van der Waals surface area contributed by atoms with Gasteiger partial charge in [-0.2, -0.15) is 0 Å². The van der Waals surface area contributed by atoms with Gasteiger partial charge in [0.15, 0.2) is 0 Å². The van der Waals surface area contributed by atoms with Gasteiger partial charge in [0.05, 0.1) is 17.0 Å². The Hall–Kier alpha value is -1.81. The lowest BCUT2D eigenvalue weighted by Crippen LogP contribution is -2.18. The van der Waals surface area contributed by atoms with Gasteiger partial charge in [-0.25, -0.2) is 4.98 Å². The molecule has 4 nitrogen and oxygen atoms in total. The van der Waals surface area contributed by atoms with Crippen LogP contribution in [0.3, 0.4) is 0 Å². The summed E-state index contributed by atoms with van der Waals surface area (Å²) in [5, 5.41) is 3.39. The Balaban J connectivity index is 2.12. The quantitative estimate of drug-likeness (QED) is 0.926. The van der Waals surface area contributed by atoms with E-state index in [1.54, 1.807) is 23.3 Å². The van der Waals surface area contributed by atoms with Crippen LogP contribution in [0.2, 0.25) is 5.02 Å². The van der Waals surface area contributed by atoms with Crippen molar-refractivity contribution < 1.29 is 4.79 Å². The molecular weight excluding hydrogens is 250 g/mol. The van der Waals surface area contributed by atoms with E-state index in [4.69, 9.17) is 11.6 Å². The van der Waals surface area contributed by atoms with Crippen molar-refractivity contribution in [1.29, 1.82) is 0 Å². The summed E-state index contributed by atoms with van der Waals surface area (Å²) in [7, 11) is 0. The molecule has 0 unspecified atom stereocenters. The molecule has 0 spiro atoms. The van der Waals surface area contributed by atoms with E-state index in [0.717, 1.165) is 11.1 Å². The van der Waals surface area contributed by atoms with Crippen molar-refractivity contribution in [2.45, 2.75) is 20.4 Å². The van der Waals surface area contributed by atoms with E-state index in [1.807, 2.05) is 26.0 Å². The van der Waals surface area contributed by atoms with Crippen LogP contribution in [0.4, 0.5) is 5.69 Å². The molecule has 18 heavy (non-hydrogen) atoms. The first-order valence-electron chi connectivity index (χ1n) is 5.58. The smallest absolute Gasteiger partial charge is 0.244 e. The number of hydrogen-bond donors (Lipinski definition) is 1. The summed E-state index contributed by atoms with van der Waals surface area (Å²) >= 11 is 6.13. The average Bonchev–Trinajstić information content (AvgIpc) is 2.76. The molecule has 94 valence electrons. The summed E-state index contributed by atoms with van der Waals surface area (Å²) in [5.41, 5.74) is 2.71. The van der Waals surface area contributed by atoms with Crippen molar-refractivity contribution in [3.63, 3.8) is 0 Å². The zero-order valence-electron chi connectivity index (χ0n) is 10.3. The minimum absolute atomic E-state index is 0.123. The zero-order valence-corrected chi connectivity index (χ0v) is 11.0. The number of carbonyl (C=O) groups is 1. The molecular formula is C13H14ClN3O. The van der Waals surface area contributed by atoms with Crippen molar-refractivity contribution >= 4 is 23.2 Å². The molecule has 0 fully saturated rings. The largest absolute Gasteiger partial charge is 0.328 e. The molecule has 1 aromatic carbocycles. The lowest BCUT2D eigenvalue weighted by atomic mass is 10.1. The van der Waals surface area contributed by atoms with Gasteiger partial charge in [0, 0.05) is 12.4 Å². The van der Waals surface area contributed by atoms with Gasteiger partial charge >= 0.3 is 0 Å². The molecule has 0 bridgehead atoms. The van der Waals surface area contributed by atoms with Crippen LogP contribution in [-0.2, 0) is 11.3 Å². The maximum atomic E-state index is 11.9. The fourth-order valence-corrected chi connectivity index (χ4v) is 2.17. The van der Waals surface area contributed by atoms with Crippen LogP contribution in [0.15, 0.2) is 30.9 Å². The number of benzene rings is 1. The zero-order chi connectivity index (χ0) is 13.1. The van der Waals surface area contributed by atoms with Gasteiger partial charge in [-0.05, 0) is 31.0 Å². The number of imidazole rings is 1. The lowest BCUT2D eigenvalue weighted by molar-refractivity contribution is -0.116. The molecule has 1 heterocycles. The van der Waals surface area contributed by atoms with Gasteiger partial charge in [-0.15, -0.1) is 0 Å². The van der Waals surface area contributed by atoms with E-state index in [9.17, 15) is 4.79 Å².